The maximum absolute atomic E-state index is 6.34. The summed E-state index contributed by atoms with van der Waals surface area (Å²) in [6.45, 7) is 11.3. The molecule has 0 rings (SSSR count). The molecule has 0 aromatic rings. The Balaban J connectivity index is 3.86. The van der Waals surface area contributed by atoms with Crippen molar-refractivity contribution in [2.75, 3.05) is 19.3 Å². The summed E-state index contributed by atoms with van der Waals surface area (Å²) >= 11 is 0. The van der Waals surface area contributed by atoms with Gasteiger partial charge in [-0.05, 0) is 45.1 Å². The lowest BCUT2D eigenvalue weighted by molar-refractivity contribution is 0.363. The Labute approximate surface area is 122 Å². The van der Waals surface area contributed by atoms with Crippen molar-refractivity contribution in [3.05, 3.63) is 0 Å². The summed E-state index contributed by atoms with van der Waals surface area (Å²) in [5, 5.41) is 0. The van der Waals surface area contributed by atoms with Crippen LogP contribution in [-0.2, 0) is 4.43 Å². The van der Waals surface area contributed by atoms with E-state index in [9.17, 15) is 0 Å². The monoisotopic (exact) mass is 304 g/mol. The van der Waals surface area contributed by atoms with Gasteiger partial charge in [-0.15, -0.1) is 0 Å². The van der Waals surface area contributed by atoms with Crippen LogP contribution in [0.1, 0.15) is 32.1 Å². The second-order valence-electron chi connectivity index (χ2n) is 7.06. The van der Waals surface area contributed by atoms with Crippen molar-refractivity contribution in [3.8, 4) is 0 Å². The van der Waals surface area contributed by atoms with E-state index in [0.29, 0.717) is 0 Å². The normalized spacial score (nSPS) is 12.9. The van der Waals surface area contributed by atoms with E-state index in [1.807, 2.05) is 0 Å². The van der Waals surface area contributed by atoms with Gasteiger partial charge in [0.1, 0.15) is 0 Å². The van der Waals surface area contributed by atoms with E-state index in [2.05, 4.69) is 26.2 Å². The first-order chi connectivity index (χ1) is 8.83. The van der Waals surface area contributed by atoms with Crippen molar-refractivity contribution in [1.29, 1.82) is 0 Å². The van der Waals surface area contributed by atoms with Crippen LogP contribution in [0.2, 0.25) is 38.3 Å². The first kappa shape index (κ1) is 19.3. The Hall–Kier alpha value is 0.314. The van der Waals surface area contributed by atoms with Crippen molar-refractivity contribution in [1.82, 2.24) is 0 Å². The molecule has 0 unspecified atom stereocenters. The Morgan fingerprint density at radius 2 is 1.26 bits per heavy atom. The minimum atomic E-state index is -1.44. The van der Waals surface area contributed by atoms with Crippen LogP contribution in [0.3, 0.4) is 0 Å². The molecule has 0 bridgehead atoms. The summed E-state index contributed by atoms with van der Waals surface area (Å²) in [4.78, 5) is 0. The van der Waals surface area contributed by atoms with Gasteiger partial charge in [0.15, 0.2) is 8.32 Å². The van der Waals surface area contributed by atoms with Crippen LogP contribution in [0, 0.1) is 0 Å². The van der Waals surface area contributed by atoms with E-state index in [1.54, 1.807) is 0 Å². The second kappa shape index (κ2) is 10.1. The van der Waals surface area contributed by atoms with Gasteiger partial charge in [0.25, 0.3) is 0 Å². The highest BCUT2D eigenvalue weighted by atomic mass is 28.4. The van der Waals surface area contributed by atoms with E-state index in [-0.39, 0.29) is 0 Å². The summed E-state index contributed by atoms with van der Waals surface area (Å²) in [5.74, 6) is 0. The maximum Gasteiger partial charge on any atom is 0.186 e. The van der Waals surface area contributed by atoms with Crippen LogP contribution in [0.15, 0.2) is 0 Å². The van der Waals surface area contributed by atoms with Crippen molar-refractivity contribution in [2.24, 2.45) is 11.5 Å². The molecule has 0 radical (unpaired) electrons. The molecule has 0 aliphatic heterocycles. The van der Waals surface area contributed by atoms with Crippen molar-refractivity contribution in [2.45, 2.75) is 70.4 Å². The van der Waals surface area contributed by atoms with Gasteiger partial charge < -0.3 is 15.9 Å². The van der Waals surface area contributed by atoms with Gasteiger partial charge in [-0.1, -0.05) is 38.4 Å². The molecule has 4 N–H and O–H groups in total. The lowest BCUT2D eigenvalue weighted by Crippen LogP contribution is -2.40. The van der Waals surface area contributed by atoms with Gasteiger partial charge in [-0.2, -0.15) is 0 Å². The lowest BCUT2D eigenvalue weighted by atomic mass is 10.2. The summed E-state index contributed by atoms with van der Waals surface area (Å²) in [6, 6.07) is 2.63. The van der Waals surface area contributed by atoms with Crippen LogP contribution in [0.4, 0.5) is 0 Å². The third-order valence-electron chi connectivity index (χ3n) is 3.64. The van der Waals surface area contributed by atoms with Gasteiger partial charge in [0, 0.05) is 6.23 Å². The van der Waals surface area contributed by atoms with Crippen LogP contribution in [0.5, 0.6) is 0 Å². The zero-order chi connectivity index (χ0) is 14.8. The van der Waals surface area contributed by atoms with E-state index in [1.165, 1.54) is 31.4 Å². The third-order valence-corrected chi connectivity index (χ3v) is 9.05. The molecular formula is C14H36N2OSi2. The molecule has 5 heteroatoms. The summed E-state index contributed by atoms with van der Waals surface area (Å²) in [5.41, 5.74) is 11.1. The molecule has 0 aromatic carbocycles. The summed E-state index contributed by atoms with van der Waals surface area (Å²) in [7, 11) is -2.61. The quantitative estimate of drug-likeness (QED) is 0.429. The fraction of sp³-hybridized carbons (Fsp3) is 1.00. The lowest BCUT2D eigenvalue weighted by Gasteiger charge is -2.29. The Bertz CT molecular complexity index is 223. The molecular weight excluding hydrogens is 268 g/mol. The largest absolute Gasteiger partial charge is 0.421 e. The standard InChI is InChI=1S/C14H36N2OSi2/c1-18(2,12-9-7-11-16)14-17-19(3,4)13-8-5-6-10-15/h5-16H2,1-4H3. The van der Waals surface area contributed by atoms with Gasteiger partial charge in [-0.3, -0.25) is 0 Å². The molecule has 0 amide bonds. The van der Waals surface area contributed by atoms with Crippen molar-refractivity contribution >= 4 is 16.4 Å². The van der Waals surface area contributed by atoms with Gasteiger partial charge in [-0.25, -0.2) is 0 Å². The predicted octanol–water partition coefficient (Wildman–Crippen LogP) is 3.32. The average Bonchev–Trinajstić information content (AvgIpc) is 2.33. The van der Waals surface area contributed by atoms with Crippen LogP contribution < -0.4 is 11.5 Å². The molecule has 0 atom stereocenters. The maximum atomic E-state index is 6.34. The molecule has 116 valence electrons. The van der Waals surface area contributed by atoms with E-state index in [0.717, 1.165) is 32.2 Å². The molecule has 0 aliphatic rings. The highest BCUT2D eigenvalue weighted by Gasteiger charge is 2.27. The van der Waals surface area contributed by atoms with Gasteiger partial charge in [0.2, 0.25) is 0 Å². The van der Waals surface area contributed by atoms with Crippen LogP contribution in [-0.4, -0.2) is 35.7 Å². The smallest absolute Gasteiger partial charge is 0.186 e. The predicted molar refractivity (Wildman–Crippen MR) is 91.7 cm³/mol. The Morgan fingerprint density at radius 1 is 0.737 bits per heavy atom. The minimum Gasteiger partial charge on any atom is -0.421 e. The number of nitrogens with two attached hydrogens (primary N) is 2. The summed E-state index contributed by atoms with van der Waals surface area (Å²) in [6.07, 6.45) is 7.17. The number of hydrogen-bond acceptors (Lipinski definition) is 3. The van der Waals surface area contributed by atoms with E-state index in [4.69, 9.17) is 15.9 Å². The second-order valence-corrected chi connectivity index (χ2v) is 16.5. The highest BCUT2D eigenvalue weighted by molar-refractivity contribution is 6.79. The van der Waals surface area contributed by atoms with Crippen molar-refractivity contribution < 1.29 is 4.43 Å². The molecule has 0 spiro atoms. The summed E-state index contributed by atoms with van der Waals surface area (Å²) < 4.78 is 6.34. The fourth-order valence-corrected chi connectivity index (χ4v) is 7.88. The molecule has 0 saturated heterocycles. The first-order valence-electron chi connectivity index (χ1n) is 7.87. The zero-order valence-electron chi connectivity index (χ0n) is 13.6. The van der Waals surface area contributed by atoms with Crippen LogP contribution in [0.25, 0.3) is 0 Å². The van der Waals surface area contributed by atoms with Gasteiger partial charge in [0.05, 0.1) is 8.07 Å². The molecule has 3 nitrogen and oxygen atoms in total. The topological polar surface area (TPSA) is 61.3 Å². The molecule has 0 aromatic heterocycles. The van der Waals surface area contributed by atoms with Gasteiger partial charge >= 0.3 is 0 Å². The molecule has 0 aliphatic carbocycles. The zero-order valence-corrected chi connectivity index (χ0v) is 15.6. The first-order valence-corrected chi connectivity index (χ1v) is 14.4. The molecule has 0 heterocycles. The Morgan fingerprint density at radius 3 is 1.84 bits per heavy atom. The van der Waals surface area contributed by atoms with Crippen molar-refractivity contribution in [3.63, 3.8) is 0 Å². The molecule has 19 heavy (non-hydrogen) atoms. The number of unbranched alkanes of at least 4 members (excludes halogenated alkanes) is 3. The highest BCUT2D eigenvalue weighted by Crippen LogP contribution is 2.20. The fourth-order valence-electron chi connectivity index (χ4n) is 2.15. The van der Waals surface area contributed by atoms with E-state index >= 15 is 0 Å². The molecule has 0 fully saturated rings. The van der Waals surface area contributed by atoms with E-state index < -0.39 is 16.4 Å². The van der Waals surface area contributed by atoms with Crippen LogP contribution >= 0.6 is 0 Å². The average molecular weight is 305 g/mol. The third kappa shape index (κ3) is 11.8. The molecule has 0 saturated carbocycles. The minimum absolute atomic E-state index is 0.823. The Kier molecular flexibility index (Phi) is 10.3. The number of hydrogen-bond donors (Lipinski definition) is 2. The SMILES string of the molecule is C[Si](C)(CCCCN)CO[Si](C)(C)CCCCCN. The number of rotatable bonds is 12.